The molecule has 1 aliphatic heterocycles. The van der Waals surface area contributed by atoms with E-state index in [1.165, 1.54) is 23.1 Å². The summed E-state index contributed by atoms with van der Waals surface area (Å²) in [4.78, 5) is 38.9. The summed E-state index contributed by atoms with van der Waals surface area (Å²) in [7, 11) is 0. The van der Waals surface area contributed by atoms with E-state index < -0.39 is 42.0 Å². The van der Waals surface area contributed by atoms with Crippen LogP contribution >= 0.6 is 15.9 Å². The average molecular weight is 536 g/mol. The Morgan fingerprint density at radius 1 is 1.09 bits per heavy atom. The van der Waals surface area contributed by atoms with E-state index in [9.17, 15) is 14.4 Å². The Morgan fingerprint density at radius 2 is 1.74 bits per heavy atom. The third-order valence-electron chi connectivity index (χ3n) is 5.79. The molecule has 0 bridgehead atoms. The average Bonchev–Trinajstić information content (AvgIpc) is 3.33. The number of carbonyl (C=O) groups is 3. The standard InChI is InChI=1S/C25H24BrF2NO5/c1-24(2,3)34-23(32)29-10-4-5-20(29)22(31)33-13-21(30)14-6-8-16-17-9-7-15(26)12-19(17)25(27,28)18(16)11-14/h6-9,11-12,20H,4-5,10,13H2,1-3H3. The Labute approximate surface area is 204 Å². The molecule has 2 aliphatic rings. The second-order valence-electron chi connectivity index (χ2n) is 9.39. The number of benzene rings is 2. The van der Waals surface area contributed by atoms with Gasteiger partial charge in [-0.05, 0) is 62.9 Å². The van der Waals surface area contributed by atoms with Crippen molar-refractivity contribution in [1.29, 1.82) is 0 Å². The predicted octanol–water partition coefficient (Wildman–Crippen LogP) is 5.70. The number of ether oxygens (including phenoxy) is 2. The Balaban J connectivity index is 1.44. The highest BCUT2D eigenvalue weighted by atomic mass is 79.9. The number of carbonyl (C=O) groups excluding carboxylic acids is 3. The van der Waals surface area contributed by atoms with Crippen LogP contribution in [0.1, 0.15) is 55.1 Å². The van der Waals surface area contributed by atoms with Crippen LogP contribution in [-0.4, -0.2) is 47.5 Å². The number of ketones is 1. The summed E-state index contributed by atoms with van der Waals surface area (Å²) in [5.74, 6) is -4.58. The third kappa shape index (κ3) is 4.58. The Morgan fingerprint density at radius 3 is 2.41 bits per heavy atom. The number of esters is 1. The van der Waals surface area contributed by atoms with E-state index in [2.05, 4.69) is 15.9 Å². The molecule has 1 aliphatic carbocycles. The molecular weight excluding hydrogens is 512 g/mol. The molecule has 1 amide bonds. The number of Topliss-reactive ketones (excluding diaryl/α,β-unsaturated/α-hetero) is 1. The second-order valence-corrected chi connectivity index (χ2v) is 10.3. The molecule has 0 spiro atoms. The summed E-state index contributed by atoms with van der Waals surface area (Å²) in [5.41, 5.74) is -0.304. The van der Waals surface area contributed by atoms with Crippen LogP contribution in [0.5, 0.6) is 0 Å². The third-order valence-corrected chi connectivity index (χ3v) is 6.28. The summed E-state index contributed by atoms with van der Waals surface area (Å²) in [5, 5.41) is 0. The largest absolute Gasteiger partial charge is 0.456 e. The van der Waals surface area contributed by atoms with Gasteiger partial charge >= 0.3 is 12.1 Å². The van der Waals surface area contributed by atoms with Crippen LogP contribution in [0.3, 0.4) is 0 Å². The van der Waals surface area contributed by atoms with Gasteiger partial charge in [-0.2, -0.15) is 8.78 Å². The number of nitrogens with zero attached hydrogens (tertiary/aromatic N) is 1. The van der Waals surface area contributed by atoms with Gasteiger partial charge in [-0.15, -0.1) is 0 Å². The van der Waals surface area contributed by atoms with Gasteiger partial charge in [0.25, 0.3) is 5.92 Å². The number of fused-ring (bicyclic) bond motifs is 3. The Kier molecular flexibility index (Phi) is 6.27. The molecule has 0 saturated carbocycles. The molecule has 4 rings (SSSR count). The van der Waals surface area contributed by atoms with Crippen LogP contribution in [0.2, 0.25) is 0 Å². The van der Waals surface area contributed by atoms with Gasteiger partial charge in [-0.1, -0.05) is 34.1 Å². The van der Waals surface area contributed by atoms with E-state index in [4.69, 9.17) is 9.47 Å². The Bertz CT molecular complexity index is 1170. The topological polar surface area (TPSA) is 72.9 Å². The Hall–Kier alpha value is -2.81. The normalized spacial score (nSPS) is 18.3. The lowest BCUT2D eigenvalue weighted by Gasteiger charge is -2.27. The molecule has 0 radical (unpaired) electrons. The molecule has 0 N–H and O–H groups in total. The first kappa shape index (κ1) is 24.3. The highest BCUT2D eigenvalue weighted by molar-refractivity contribution is 9.10. The van der Waals surface area contributed by atoms with Crippen molar-refractivity contribution >= 4 is 33.8 Å². The molecule has 1 fully saturated rings. The highest BCUT2D eigenvalue weighted by Gasteiger charge is 2.45. The molecule has 6 nitrogen and oxygen atoms in total. The van der Waals surface area contributed by atoms with E-state index in [1.807, 2.05) is 0 Å². The fourth-order valence-electron chi connectivity index (χ4n) is 4.24. The lowest BCUT2D eigenvalue weighted by Crippen LogP contribution is -2.44. The first-order valence-electron chi connectivity index (χ1n) is 10.9. The van der Waals surface area contributed by atoms with Gasteiger partial charge in [0.05, 0.1) is 0 Å². The lowest BCUT2D eigenvalue weighted by molar-refractivity contribution is -0.147. The lowest BCUT2D eigenvalue weighted by atomic mass is 10.0. The van der Waals surface area contributed by atoms with Crippen molar-refractivity contribution in [1.82, 2.24) is 4.90 Å². The van der Waals surface area contributed by atoms with E-state index in [0.29, 0.717) is 35.0 Å². The van der Waals surface area contributed by atoms with Crippen molar-refractivity contribution in [3.05, 3.63) is 57.6 Å². The minimum Gasteiger partial charge on any atom is -0.456 e. The van der Waals surface area contributed by atoms with E-state index in [0.717, 1.165) is 6.07 Å². The van der Waals surface area contributed by atoms with Crippen LogP contribution in [-0.2, 0) is 20.2 Å². The molecule has 1 atom stereocenters. The summed E-state index contributed by atoms with van der Waals surface area (Å²) < 4.78 is 41.1. The molecule has 180 valence electrons. The molecule has 1 saturated heterocycles. The summed E-state index contributed by atoms with van der Waals surface area (Å²) in [6, 6.07) is 7.91. The van der Waals surface area contributed by atoms with E-state index >= 15 is 8.78 Å². The van der Waals surface area contributed by atoms with Crippen molar-refractivity contribution in [2.45, 2.75) is 51.2 Å². The van der Waals surface area contributed by atoms with E-state index in [-0.39, 0.29) is 16.7 Å². The van der Waals surface area contributed by atoms with Gasteiger partial charge in [0.15, 0.2) is 12.4 Å². The van der Waals surface area contributed by atoms with Crippen molar-refractivity contribution in [2.75, 3.05) is 13.2 Å². The number of hydrogen-bond acceptors (Lipinski definition) is 5. The fraction of sp³-hybridized carbons (Fsp3) is 0.400. The molecule has 34 heavy (non-hydrogen) atoms. The van der Waals surface area contributed by atoms with Crippen molar-refractivity contribution in [3.8, 4) is 11.1 Å². The molecule has 9 heteroatoms. The minimum absolute atomic E-state index is 0.0218. The zero-order chi connectivity index (χ0) is 24.8. The summed E-state index contributed by atoms with van der Waals surface area (Å²) in [6.45, 7) is 4.92. The van der Waals surface area contributed by atoms with Gasteiger partial charge in [-0.25, -0.2) is 9.59 Å². The molecular formula is C25H24BrF2NO5. The van der Waals surface area contributed by atoms with Gasteiger partial charge in [0.2, 0.25) is 0 Å². The van der Waals surface area contributed by atoms with Gasteiger partial charge < -0.3 is 9.47 Å². The molecule has 0 aromatic heterocycles. The quantitative estimate of drug-likeness (QED) is 0.371. The van der Waals surface area contributed by atoms with Gasteiger partial charge in [0, 0.05) is 27.7 Å². The van der Waals surface area contributed by atoms with Crippen LogP contribution < -0.4 is 0 Å². The van der Waals surface area contributed by atoms with E-state index in [1.54, 1.807) is 32.9 Å². The SMILES string of the molecule is CC(C)(C)OC(=O)N1CCCC1C(=O)OCC(=O)c1ccc2c(c1)C(F)(F)c1cc(Br)ccc1-2. The molecule has 1 unspecified atom stereocenters. The maximum Gasteiger partial charge on any atom is 0.411 e. The smallest absolute Gasteiger partial charge is 0.411 e. The molecule has 2 aromatic carbocycles. The zero-order valence-corrected chi connectivity index (χ0v) is 20.6. The number of amides is 1. The minimum atomic E-state index is -3.25. The van der Waals surface area contributed by atoms with Crippen LogP contribution in [0.25, 0.3) is 11.1 Å². The number of rotatable bonds is 4. The maximum absolute atomic E-state index is 15.0. The predicted molar refractivity (Wildman–Crippen MR) is 124 cm³/mol. The number of alkyl halides is 2. The van der Waals surface area contributed by atoms with Crippen molar-refractivity contribution in [3.63, 3.8) is 0 Å². The van der Waals surface area contributed by atoms with Crippen LogP contribution in [0.4, 0.5) is 13.6 Å². The van der Waals surface area contributed by atoms with Gasteiger partial charge in [-0.3, -0.25) is 9.69 Å². The second kappa shape index (κ2) is 8.76. The summed E-state index contributed by atoms with van der Waals surface area (Å²) in [6.07, 6.45) is 0.375. The number of halogens is 3. The maximum atomic E-state index is 15.0. The zero-order valence-electron chi connectivity index (χ0n) is 19.0. The van der Waals surface area contributed by atoms with Crippen molar-refractivity contribution in [2.24, 2.45) is 0 Å². The van der Waals surface area contributed by atoms with Crippen LogP contribution in [0.15, 0.2) is 40.9 Å². The number of likely N-dealkylation sites (tertiary alicyclic amines) is 1. The fourth-order valence-corrected chi connectivity index (χ4v) is 4.60. The monoisotopic (exact) mass is 535 g/mol. The van der Waals surface area contributed by atoms with Gasteiger partial charge in [0.1, 0.15) is 11.6 Å². The highest BCUT2D eigenvalue weighted by Crippen LogP contribution is 2.51. The first-order chi connectivity index (χ1) is 15.9. The molecule has 1 heterocycles. The first-order valence-corrected chi connectivity index (χ1v) is 11.7. The summed E-state index contributed by atoms with van der Waals surface area (Å²) >= 11 is 3.22. The van der Waals surface area contributed by atoms with Crippen molar-refractivity contribution < 1.29 is 32.6 Å². The van der Waals surface area contributed by atoms with Crippen LogP contribution in [0, 0.1) is 0 Å². The molecule has 2 aromatic rings. The number of hydrogen-bond donors (Lipinski definition) is 0.